The maximum Gasteiger partial charge on any atom is 0.163 e. The number of hydrogen-bond acceptors (Lipinski definition) is 4. The Morgan fingerprint density at radius 2 is 2.00 bits per heavy atom. The Hall–Kier alpha value is -2.43. The zero-order valence-corrected chi connectivity index (χ0v) is 20.8. The topological polar surface area (TPSA) is 38.3 Å². The molecular weight excluding hydrogens is 426 g/mol. The van der Waals surface area contributed by atoms with Gasteiger partial charge in [0.15, 0.2) is 5.78 Å². The smallest absolute Gasteiger partial charge is 0.163 e. The molecule has 174 valence electrons. The van der Waals surface area contributed by atoms with E-state index in [0.717, 1.165) is 49.2 Å². The summed E-state index contributed by atoms with van der Waals surface area (Å²) in [5.41, 5.74) is 4.48. The summed E-state index contributed by atoms with van der Waals surface area (Å²) >= 11 is 1.90. The highest BCUT2D eigenvalue weighted by molar-refractivity contribution is 7.15. The monoisotopic (exact) mass is 461 g/mol. The fraction of sp³-hybridized carbons (Fsp3) is 0.414. The van der Waals surface area contributed by atoms with Crippen LogP contribution in [-0.2, 0) is 6.42 Å². The lowest BCUT2D eigenvalue weighted by atomic mass is 9.92. The summed E-state index contributed by atoms with van der Waals surface area (Å²) in [6.07, 6.45) is 5.03. The van der Waals surface area contributed by atoms with Crippen LogP contribution in [0.25, 0.3) is 10.4 Å². The summed E-state index contributed by atoms with van der Waals surface area (Å²) in [4.78, 5) is 15.7. The van der Waals surface area contributed by atoms with E-state index in [2.05, 4.69) is 55.6 Å². The van der Waals surface area contributed by atoms with Gasteiger partial charge in [0, 0.05) is 34.8 Å². The Kier molecular flexibility index (Phi) is 8.00. The second kappa shape index (κ2) is 11.1. The number of ether oxygens (including phenoxy) is 1. The van der Waals surface area contributed by atoms with Crippen LogP contribution in [0.4, 0.5) is 0 Å². The molecule has 4 heteroatoms. The van der Waals surface area contributed by atoms with Crippen LogP contribution in [0.2, 0.25) is 0 Å². The highest BCUT2D eigenvalue weighted by Crippen LogP contribution is 2.32. The molecular formula is C29H35NO2S. The first-order valence-electron chi connectivity index (χ1n) is 12.2. The van der Waals surface area contributed by atoms with Crippen molar-refractivity contribution < 1.29 is 9.53 Å². The summed E-state index contributed by atoms with van der Waals surface area (Å²) in [5.74, 6) is 1.44. The Morgan fingerprint density at radius 3 is 2.76 bits per heavy atom. The molecule has 1 atom stereocenters. The largest absolute Gasteiger partial charge is 0.488 e. The van der Waals surface area contributed by atoms with Crippen LogP contribution in [0.15, 0.2) is 54.6 Å². The first-order valence-corrected chi connectivity index (χ1v) is 13.1. The molecule has 0 aliphatic carbocycles. The summed E-state index contributed by atoms with van der Waals surface area (Å²) < 4.78 is 5.95. The van der Waals surface area contributed by atoms with E-state index in [0.29, 0.717) is 12.3 Å². The molecule has 1 aliphatic rings. The van der Waals surface area contributed by atoms with E-state index >= 15 is 0 Å². The second-order valence-electron chi connectivity index (χ2n) is 9.23. The van der Waals surface area contributed by atoms with Crippen LogP contribution >= 0.6 is 11.3 Å². The molecule has 2 aromatic carbocycles. The minimum Gasteiger partial charge on any atom is -0.488 e. The number of nitrogens with one attached hydrogen (secondary N) is 1. The van der Waals surface area contributed by atoms with E-state index in [1.807, 2.05) is 36.5 Å². The SMILES string of the molecule is CCCc1ccc(-c2cccc([C@@H](C)CCCC(=O)c3cc(OC4CNC4)ccc3C)c2)s1. The van der Waals surface area contributed by atoms with Gasteiger partial charge < -0.3 is 10.1 Å². The minimum absolute atomic E-state index is 0.215. The van der Waals surface area contributed by atoms with Crippen molar-refractivity contribution in [2.75, 3.05) is 13.1 Å². The van der Waals surface area contributed by atoms with Crippen molar-refractivity contribution in [1.82, 2.24) is 5.32 Å². The summed E-state index contributed by atoms with van der Waals surface area (Å²) in [5, 5.41) is 3.21. The van der Waals surface area contributed by atoms with Crippen molar-refractivity contribution in [2.24, 2.45) is 0 Å². The molecule has 3 nitrogen and oxygen atoms in total. The summed E-state index contributed by atoms with van der Waals surface area (Å²) in [6.45, 7) is 8.26. The molecule has 1 N–H and O–H groups in total. The lowest BCUT2D eigenvalue weighted by molar-refractivity contribution is 0.0976. The van der Waals surface area contributed by atoms with Crippen LogP contribution in [-0.4, -0.2) is 25.0 Å². The Bertz CT molecular complexity index is 1080. The van der Waals surface area contributed by atoms with Crippen LogP contribution in [0.3, 0.4) is 0 Å². The third kappa shape index (κ3) is 6.13. The van der Waals surface area contributed by atoms with Gasteiger partial charge in [0.1, 0.15) is 11.9 Å². The van der Waals surface area contributed by atoms with Gasteiger partial charge in [-0.1, -0.05) is 50.6 Å². The van der Waals surface area contributed by atoms with Crippen LogP contribution in [0.1, 0.15) is 71.8 Å². The van der Waals surface area contributed by atoms with Gasteiger partial charge in [-0.3, -0.25) is 4.79 Å². The Balaban J connectivity index is 1.33. The molecule has 1 fully saturated rings. The van der Waals surface area contributed by atoms with E-state index in [1.165, 1.54) is 27.3 Å². The number of rotatable bonds is 11. The van der Waals surface area contributed by atoms with Crippen LogP contribution < -0.4 is 10.1 Å². The van der Waals surface area contributed by atoms with E-state index in [9.17, 15) is 4.79 Å². The van der Waals surface area contributed by atoms with Crippen molar-refractivity contribution in [1.29, 1.82) is 0 Å². The number of aryl methyl sites for hydroxylation is 2. The molecule has 0 amide bonds. The number of benzene rings is 2. The van der Waals surface area contributed by atoms with Crippen molar-refractivity contribution in [3.63, 3.8) is 0 Å². The predicted octanol–water partition coefficient (Wildman–Crippen LogP) is 7.18. The molecule has 1 aliphatic heterocycles. The van der Waals surface area contributed by atoms with Crippen molar-refractivity contribution in [2.45, 2.75) is 64.9 Å². The minimum atomic E-state index is 0.215. The first kappa shape index (κ1) is 23.7. The number of hydrogen-bond donors (Lipinski definition) is 1. The van der Waals surface area contributed by atoms with E-state index in [-0.39, 0.29) is 11.9 Å². The predicted molar refractivity (Wildman–Crippen MR) is 139 cm³/mol. The fourth-order valence-electron chi connectivity index (χ4n) is 4.30. The Labute approximate surface area is 202 Å². The second-order valence-corrected chi connectivity index (χ2v) is 10.4. The van der Waals surface area contributed by atoms with Gasteiger partial charge in [-0.15, -0.1) is 11.3 Å². The molecule has 0 radical (unpaired) electrons. The highest BCUT2D eigenvalue weighted by atomic mass is 32.1. The van der Waals surface area contributed by atoms with Crippen molar-refractivity contribution in [3.05, 3.63) is 76.2 Å². The maximum absolute atomic E-state index is 12.9. The summed E-state index contributed by atoms with van der Waals surface area (Å²) in [6, 6.07) is 19.3. The molecule has 0 saturated carbocycles. The number of Topliss-reactive ketones (excluding diaryl/α,β-unsaturated/α-hetero) is 1. The molecule has 1 saturated heterocycles. The normalized spacial score (nSPS) is 14.6. The molecule has 3 aromatic rings. The zero-order valence-electron chi connectivity index (χ0n) is 20.0. The molecule has 0 bridgehead atoms. The number of carbonyl (C=O) groups excluding carboxylic acids is 1. The molecule has 1 aromatic heterocycles. The van der Waals surface area contributed by atoms with E-state index < -0.39 is 0 Å². The average Bonchev–Trinajstić information content (AvgIpc) is 3.26. The molecule has 2 heterocycles. The molecule has 33 heavy (non-hydrogen) atoms. The van der Waals surface area contributed by atoms with Gasteiger partial charge >= 0.3 is 0 Å². The lowest BCUT2D eigenvalue weighted by Crippen LogP contribution is -2.50. The van der Waals surface area contributed by atoms with E-state index in [4.69, 9.17) is 4.74 Å². The van der Waals surface area contributed by atoms with Crippen molar-refractivity contribution >= 4 is 17.1 Å². The number of ketones is 1. The van der Waals surface area contributed by atoms with Gasteiger partial charge in [-0.25, -0.2) is 0 Å². The van der Waals surface area contributed by atoms with E-state index in [1.54, 1.807) is 0 Å². The molecule has 4 rings (SSSR count). The molecule has 0 spiro atoms. The standard InChI is InChI=1S/C29H35NO2S/c1-4-7-26-14-15-29(33-26)23-10-6-9-22(16-23)20(2)8-5-11-28(31)27-17-24(13-12-21(27)3)32-25-18-30-19-25/h6,9-10,12-17,20,25,30H,4-5,7-8,11,18-19H2,1-3H3/t20-/m0/s1. The number of carbonyl (C=O) groups is 1. The third-order valence-corrected chi connectivity index (χ3v) is 7.69. The first-order chi connectivity index (χ1) is 16.0. The van der Waals surface area contributed by atoms with Crippen molar-refractivity contribution in [3.8, 4) is 16.2 Å². The van der Waals surface area contributed by atoms with Gasteiger partial charge in [0.05, 0.1) is 0 Å². The van der Waals surface area contributed by atoms with Gasteiger partial charge in [0.2, 0.25) is 0 Å². The lowest BCUT2D eigenvalue weighted by Gasteiger charge is -2.28. The van der Waals surface area contributed by atoms with Crippen LogP contribution in [0.5, 0.6) is 5.75 Å². The van der Waals surface area contributed by atoms with Gasteiger partial charge in [-0.05, 0) is 73.1 Å². The molecule has 0 unspecified atom stereocenters. The average molecular weight is 462 g/mol. The Morgan fingerprint density at radius 1 is 1.15 bits per heavy atom. The summed E-state index contributed by atoms with van der Waals surface area (Å²) in [7, 11) is 0. The van der Waals surface area contributed by atoms with Gasteiger partial charge in [-0.2, -0.15) is 0 Å². The zero-order chi connectivity index (χ0) is 23.2. The number of thiophene rings is 1. The quantitative estimate of drug-likeness (QED) is 0.307. The fourth-order valence-corrected chi connectivity index (χ4v) is 5.40. The highest BCUT2D eigenvalue weighted by Gasteiger charge is 2.19. The van der Waals surface area contributed by atoms with Crippen LogP contribution in [0, 0.1) is 6.92 Å². The third-order valence-electron chi connectivity index (χ3n) is 6.50. The maximum atomic E-state index is 12.9. The van der Waals surface area contributed by atoms with Gasteiger partial charge in [0.25, 0.3) is 0 Å².